The van der Waals surface area contributed by atoms with Gasteiger partial charge in [-0.2, -0.15) is 13.2 Å². The average Bonchev–Trinajstić information content (AvgIpc) is 3.00. The van der Waals surface area contributed by atoms with Crippen molar-refractivity contribution >= 4 is 17.9 Å². The van der Waals surface area contributed by atoms with Gasteiger partial charge >= 0.3 is 6.18 Å². The Morgan fingerprint density at radius 3 is 2.41 bits per heavy atom. The number of carbonyl (C=O) groups is 2. The first kappa shape index (κ1) is 37.6. The van der Waals surface area contributed by atoms with Gasteiger partial charge in [-0.15, -0.1) is 6.42 Å². The van der Waals surface area contributed by atoms with Gasteiger partial charge in [-0.1, -0.05) is 47.9 Å². The number of alkyl halides is 3. The van der Waals surface area contributed by atoms with E-state index in [-0.39, 0.29) is 30.5 Å². The lowest BCUT2D eigenvalue weighted by molar-refractivity contribution is -0.137. The second-order valence-corrected chi connectivity index (χ2v) is 10.8. The number of hydrogen-bond acceptors (Lipinski definition) is 7. The van der Waals surface area contributed by atoms with Crippen LogP contribution in [0.3, 0.4) is 0 Å². The van der Waals surface area contributed by atoms with E-state index in [4.69, 9.17) is 28.0 Å². The molecule has 2 amide bonds. The van der Waals surface area contributed by atoms with Crippen LogP contribution in [0.25, 0.3) is 5.57 Å². The smallest absolute Gasteiger partial charge is 0.389 e. The highest BCUT2D eigenvalue weighted by molar-refractivity contribution is 6.03. The molecule has 1 heterocycles. The molecule has 46 heavy (non-hydrogen) atoms. The van der Waals surface area contributed by atoms with E-state index in [0.29, 0.717) is 50.0 Å². The van der Waals surface area contributed by atoms with Gasteiger partial charge in [0.2, 0.25) is 6.41 Å². The number of hydrogen-bond donors (Lipinski definition) is 4. The molecule has 3 rings (SSSR count). The fourth-order valence-corrected chi connectivity index (χ4v) is 4.56. The molecule has 248 valence electrons. The maximum atomic E-state index is 12.7. The van der Waals surface area contributed by atoms with Gasteiger partial charge in [0.1, 0.15) is 17.2 Å². The lowest BCUT2D eigenvalue weighted by atomic mass is 9.90. The number of benzene rings is 2. The summed E-state index contributed by atoms with van der Waals surface area (Å²) < 4.78 is 42.4. The van der Waals surface area contributed by atoms with Crippen molar-refractivity contribution in [1.82, 2.24) is 15.3 Å². The van der Waals surface area contributed by atoms with Crippen LogP contribution in [-0.4, -0.2) is 53.3 Å². The number of nitrogens with one attached hydrogen (secondary N) is 1. The topological polar surface area (TPSA) is 134 Å². The molecule has 0 aromatic heterocycles. The minimum absolute atomic E-state index is 0.0707. The maximum Gasteiger partial charge on any atom is 0.389 e. The Bertz CT molecular complexity index is 1400. The fourth-order valence-electron chi connectivity index (χ4n) is 4.56. The molecule has 2 aromatic rings. The zero-order valence-electron chi connectivity index (χ0n) is 26.1. The summed E-state index contributed by atoms with van der Waals surface area (Å²) in [5.41, 5.74) is 3.78. The zero-order chi connectivity index (χ0) is 34.1. The predicted molar refractivity (Wildman–Crippen MR) is 172 cm³/mol. The molecule has 0 bridgehead atoms. The maximum absolute atomic E-state index is 12.7. The van der Waals surface area contributed by atoms with Crippen LogP contribution >= 0.6 is 0 Å². The largest absolute Gasteiger partial charge is 0.508 e. The van der Waals surface area contributed by atoms with Crippen molar-refractivity contribution in [3.05, 3.63) is 94.9 Å². The van der Waals surface area contributed by atoms with Crippen LogP contribution in [-0.2, 0) is 20.9 Å². The molecule has 1 unspecified atom stereocenters. The van der Waals surface area contributed by atoms with Crippen LogP contribution in [0.15, 0.2) is 78.2 Å². The van der Waals surface area contributed by atoms with Crippen LogP contribution in [0.5, 0.6) is 5.75 Å². The van der Waals surface area contributed by atoms with Crippen molar-refractivity contribution < 1.29 is 32.6 Å². The van der Waals surface area contributed by atoms with Crippen molar-refractivity contribution in [2.24, 2.45) is 11.7 Å². The van der Waals surface area contributed by atoms with Crippen molar-refractivity contribution in [2.75, 3.05) is 13.7 Å². The summed E-state index contributed by atoms with van der Waals surface area (Å²) in [6.07, 6.45) is 7.45. The van der Waals surface area contributed by atoms with Crippen molar-refractivity contribution in [2.45, 2.75) is 64.2 Å². The van der Waals surface area contributed by atoms with Gasteiger partial charge in [-0.25, -0.2) is 15.9 Å². The molecule has 6 N–H and O–H groups in total. The summed E-state index contributed by atoms with van der Waals surface area (Å²) in [5, 5.41) is 14.2. The quantitative estimate of drug-likeness (QED) is 0.0325. The normalized spacial score (nSPS) is 15.2. The number of halogens is 3. The highest BCUT2D eigenvalue weighted by atomic mass is 19.4. The van der Waals surface area contributed by atoms with Gasteiger partial charge in [0.25, 0.3) is 5.91 Å². The zero-order valence-corrected chi connectivity index (χ0v) is 26.1. The number of aryl methyl sites for hydroxylation is 1. The van der Waals surface area contributed by atoms with E-state index in [1.165, 1.54) is 12.2 Å². The number of allylic oxidation sites excluding steroid dienone is 3. The summed E-state index contributed by atoms with van der Waals surface area (Å²) in [7, 11) is 1.80. The Labute approximate surface area is 268 Å². The lowest BCUT2D eigenvalue weighted by Crippen LogP contribution is -2.46. The molecular formula is C34H42F3N5O4. The van der Waals surface area contributed by atoms with Gasteiger partial charge in [0, 0.05) is 26.1 Å². The monoisotopic (exact) mass is 641 g/mol. The van der Waals surface area contributed by atoms with Crippen molar-refractivity contribution in [1.29, 1.82) is 0 Å². The number of terminal acetylenes is 1. The number of hydrazine groups is 2. The van der Waals surface area contributed by atoms with E-state index in [1.807, 2.05) is 43.3 Å². The van der Waals surface area contributed by atoms with Gasteiger partial charge < -0.3 is 15.2 Å². The molecular weight excluding hydrogens is 599 g/mol. The molecule has 1 aliphatic heterocycles. The summed E-state index contributed by atoms with van der Waals surface area (Å²) in [6.45, 7) is 2.58. The number of aromatic hydroxyl groups is 1. The summed E-state index contributed by atoms with van der Waals surface area (Å²) >= 11 is 0. The van der Waals surface area contributed by atoms with E-state index in [0.717, 1.165) is 21.7 Å². The van der Waals surface area contributed by atoms with Gasteiger partial charge in [0.05, 0.1) is 6.61 Å². The van der Waals surface area contributed by atoms with Crippen LogP contribution in [0.2, 0.25) is 0 Å². The first-order valence-electron chi connectivity index (χ1n) is 14.7. The summed E-state index contributed by atoms with van der Waals surface area (Å²) in [5.74, 6) is 13.8. The van der Waals surface area contributed by atoms with E-state index in [1.54, 1.807) is 30.3 Å². The van der Waals surface area contributed by atoms with Crippen LogP contribution in [0.4, 0.5) is 13.2 Å². The standard InChI is InChI=1S/C26H30F3N3O3.C8H12N2O/c1-3-4-9-22(35-16-7-15-26(27,28)29)10-6-5-8-21-17-23(20-13-11-19(2)12-14-20)24(25(34)31-21)32(30)18-33;1-10(9)6-7-2-4-8(11)5-3-7/h1,4,9-14,18,21H,5-8,15-17,30H2,2H3,(H,31,34);2-5,11H,6,9H2,1H3/b9-4-,22-10+;. The Kier molecular flexibility index (Phi) is 15.6. The minimum atomic E-state index is -4.22. The van der Waals surface area contributed by atoms with Crippen molar-refractivity contribution in [3.8, 4) is 18.1 Å². The second kappa shape index (κ2) is 19.1. The highest BCUT2D eigenvalue weighted by Gasteiger charge is 2.30. The SMILES string of the molecule is C#C/C=C\C(=C/CCCC1CC(c2ccc(C)cc2)=C(N(N)C=O)C(=O)N1)OCCCC(F)(F)F.CN(N)Cc1ccc(O)cc1. The first-order chi connectivity index (χ1) is 21.8. The highest BCUT2D eigenvalue weighted by Crippen LogP contribution is 2.30. The van der Waals surface area contributed by atoms with Gasteiger partial charge in [-0.05, 0) is 86.1 Å². The molecule has 1 atom stereocenters. The molecule has 9 nitrogen and oxygen atoms in total. The van der Waals surface area contributed by atoms with Gasteiger partial charge in [-0.3, -0.25) is 15.4 Å². The fraction of sp³-hybridized carbons (Fsp3) is 0.353. The van der Waals surface area contributed by atoms with Crippen LogP contribution in [0, 0.1) is 19.3 Å². The number of ether oxygens (including phenoxy) is 1. The third-order valence-corrected chi connectivity index (χ3v) is 6.75. The number of phenolic OH excluding ortho intramolecular Hbond substituents is 1. The lowest BCUT2D eigenvalue weighted by Gasteiger charge is -2.30. The molecule has 0 spiro atoms. The molecule has 12 heteroatoms. The molecule has 1 aliphatic rings. The van der Waals surface area contributed by atoms with E-state index in [2.05, 4.69) is 11.2 Å². The molecule has 0 saturated heterocycles. The van der Waals surface area contributed by atoms with Gasteiger partial charge in [0.15, 0.2) is 0 Å². The first-order valence-corrected chi connectivity index (χ1v) is 14.7. The Balaban J connectivity index is 0.000000562. The molecule has 2 aromatic carbocycles. The third-order valence-electron chi connectivity index (χ3n) is 6.75. The van der Waals surface area contributed by atoms with Crippen molar-refractivity contribution in [3.63, 3.8) is 0 Å². The number of amides is 2. The van der Waals surface area contributed by atoms with Crippen LogP contribution in [0.1, 0.15) is 55.2 Å². The molecule has 0 fully saturated rings. The molecule has 0 saturated carbocycles. The predicted octanol–water partition coefficient (Wildman–Crippen LogP) is 5.23. The van der Waals surface area contributed by atoms with E-state index < -0.39 is 18.5 Å². The Morgan fingerprint density at radius 1 is 1.15 bits per heavy atom. The number of carbonyl (C=O) groups excluding carboxylic acids is 2. The number of unbranched alkanes of at least 4 members (excludes halogenated alkanes) is 1. The number of phenols is 1. The second-order valence-electron chi connectivity index (χ2n) is 10.8. The molecule has 0 radical (unpaired) electrons. The minimum Gasteiger partial charge on any atom is -0.508 e. The number of nitrogens with zero attached hydrogens (tertiary/aromatic N) is 2. The van der Waals surface area contributed by atoms with Crippen LogP contribution < -0.4 is 17.0 Å². The Morgan fingerprint density at radius 2 is 1.83 bits per heavy atom. The summed E-state index contributed by atoms with van der Waals surface area (Å²) in [6, 6.07) is 14.5. The number of nitrogens with two attached hydrogens (primary N) is 2. The molecule has 0 aliphatic carbocycles. The van der Waals surface area contributed by atoms with E-state index in [9.17, 15) is 22.8 Å². The third kappa shape index (κ3) is 14.0. The Hall–Kier alpha value is -4.57. The summed E-state index contributed by atoms with van der Waals surface area (Å²) in [4.78, 5) is 24.0. The number of rotatable bonds is 14. The van der Waals surface area contributed by atoms with E-state index >= 15 is 0 Å². The average molecular weight is 642 g/mol.